The molecule has 0 aromatic carbocycles. The van der Waals surface area contributed by atoms with Gasteiger partial charge in [-0.1, -0.05) is 0 Å². The molecule has 0 saturated carbocycles. The maximum Gasteiger partial charge on any atom is 0.317 e. The topological polar surface area (TPSA) is 45.5 Å². The van der Waals surface area contributed by atoms with E-state index in [0.717, 1.165) is 5.76 Å². The number of carbonyl (C=O) groups excluding carboxylic acids is 1. The summed E-state index contributed by atoms with van der Waals surface area (Å²) in [6.07, 6.45) is 1.62. The van der Waals surface area contributed by atoms with Crippen molar-refractivity contribution in [2.24, 2.45) is 0 Å². The Morgan fingerprint density at radius 2 is 2.22 bits per heavy atom. The van der Waals surface area contributed by atoms with Crippen molar-refractivity contribution in [1.29, 1.82) is 0 Å². The first-order valence-electron chi connectivity index (χ1n) is 5.73. The largest absolute Gasteiger partial charge is 0.467 e. The van der Waals surface area contributed by atoms with Crippen molar-refractivity contribution in [2.75, 3.05) is 7.05 Å². The highest BCUT2D eigenvalue weighted by molar-refractivity contribution is 7.11. The molecule has 5 heteroatoms. The van der Waals surface area contributed by atoms with Gasteiger partial charge in [0.15, 0.2) is 0 Å². The molecule has 2 aromatic heterocycles. The minimum atomic E-state index is -0.0996. The van der Waals surface area contributed by atoms with E-state index in [0.29, 0.717) is 13.1 Å². The Bertz CT molecular complexity index is 505. The maximum absolute atomic E-state index is 11.8. The van der Waals surface area contributed by atoms with Crippen LogP contribution in [0.2, 0.25) is 0 Å². The van der Waals surface area contributed by atoms with Crippen LogP contribution in [-0.4, -0.2) is 18.0 Å². The number of rotatable bonds is 4. The van der Waals surface area contributed by atoms with Gasteiger partial charge < -0.3 is 14.6 Å². The number of hydrogen-bond donors (Lipinski definition) is 1. The number of aryl methyl sites for hydroxylation is 1. The molecule has 2 heterocycles. The molecule has 0 aliphatic carbocycles. The Morgan fingerprint density at radius 1 is 1.39 bits per heavy atom. The molecular weight excluding hydrogens is 248 g/mol. The van der Waals surface area contributed by atoms with Gasteiger partial charge in [-0.15, -0.1) is 11.3 Å². The summed E-state index contributed by atoms with van der Waals surface area (Å²) in [6, 6.07) is 7.72. The third kappa shape index (κ3) is 3.13. The molecule has 0 aliphatic rings. The average Bonchev–Trinajstić information content (AvgIpc) is 2.99. The van der Waals surface area contributed by atoms with Crippen LogP contribution in [-0.2, 0) is 13.1 Å². The molecule has 2 rings (SSSR count). The highest BCUT2D eigenvalue weighted by Crippen LogP contribution is 2.18. The highest BCUT2D eigenvalue weighted by Gasteiger charge is 2.15. The van der Waals surface area contributed by atoms with Crippen LogP contribution in [0.15, 0.2) is 34.9 Å². The van der Waals surface area contributed by atoms with E-state index >= 15 is 0 Å². The Hall–Kier alpha value is -1.75. The Kier molecular flexibility index (Phi) is 4.04. The lowest BCUT2D eigenvalue weighted by molar-refractivity contribution is 0.190. The SMILES string of the molecule is CNC(=O)N(Cc1ccco1)Cc1ccc(C)s1. The molecule has 0 saturated heterocycles. The zero-order chi connectivity index (χ0) is 13.0. The first-order chi connectivity index (χ1) is 8.69. The Morgan fingerprint density at radius 3 is 2.78 bits per heavy atom. The number of nitrogens with zero attached hydrogens (tertiary/aromatic N) is 1. The zero-order valence-corrected chi connectivity index (χ0v) is 11.3. The van der Waals surface area contributed by atoms with Crippen LogP contribution in [0.3, 0.4) is 0 Å². The molecule has 0 atom stereocenters. The first-order valence-corrected chi connectivity index (χ1v) is 6.55. The Labute approximate surface area is 110 Å². The summed E-state index contributed by atoms with van der Waals surface area (Å²) >= 11 is 1.70. The number of carbonyl (C=O) groups is 1. The van der Waals surface area contributed by atoms with Gasteiger partial charge in [0.25, 0.3) is 0 Å². The van der Waals surface area contributed by atoms with Gasteiger partial charge in [0.1, 0.15) is 5.76 Å². The highest BCUT2D eigenvalue weighted by atomic mass is 32.1. The van der Waals surface area contributed by atoms with Gasteiger partial charge in [0.05, 0.1) is 19.4 Å². The average molecular weight is 264 g/mol. The van der Waals surface area contributed by atoms with Crippen molar-refractivity contribution >= 4 is 17.4 Å². The van der Waals surface area contributed by atoms with Gasteiger partial charge in [0, 0.05) is 16.8 Å². The fourth-order valence-corrected chi connectivity index (χ4v) is 2.61. The van der Waals surface area contributed by atoms with E-state index in [2.05, 4.69) is 24.4 Å². The smallest absolute Gasteiger partial charge is 0.317 e. The van der Waals surface area contributed by atoms with Crippen molar-refractivity contribution in [1.82, 2.24) is 10.2 Å². The summed E-state index contributed by atoms with van der Waals surface area (Å²) in [5, 5.41) is 2.65. The Balaban J connectivity index is 2.07. The molecule has 0 unspecified atom stereocenters. The fourth-order valence-electron chi connectivity index (χ4n) is 1.71. The van der Waals surface area contributed by atoms with Crippen molar-refractivity contribution in [3.05, 3.63) is 46.0 Å². The monoisotopic (exact) mass is 264 g/mol. The number of nitrogens with one attached hydrogen (secondary N) is 1. The molecule has 0 bridgehead atoms. The van der Waals surface area contributed by atoms with Gasteiger partial charge in [0.2, 0.25) is 0 Å². The molecular formula is C13H16N2O2S. The second-order valence-corrected chi connectivity index (χ2v) is 5.38. The zero-order valence-electron chi connectivity index (χ0n) is 10.5. The number of urea groups is 1. The lowest BCUT2D eigenvalue weighted by atomic mass is 10.3. The molecule has 96 valence electrons. The second-order valence-electron chi connectivity index (χ2n) is 4.00. The number of thiophene rings is 1. The summed E-state index contributed by atoms with van der Waals surface area (Å²) in [4.78, 5) is 16.0. The van der Waals surface area contributed by atoms with Gasteiger partial charge in [-0.2, -0.15) is 0 Å². The predicted molar refractivity (Wildman–Crippen MR) is 71.5 cm³/mol. The molecule has 2 aromatic rings. The van der Waals surface area contributed by atoms with Crippen molar-refractivity contribution in [3.8, 4) is 0 Å². The van der Waals surface area contributed by atoms with Gasteiger partial charge in [-0.05, 0) is 31.2 Å². The van der Waals surface area contributed by atoms with Crippen LogP contribution >= 0.6 is 11.3 Å². The van der Waals surface area contributed by atoms with Crippen LogP contribution in [0.5, 0.6) is 0 Å². The molecule has 2 amide bonds. The maximum atomic E-state index is 11.8. The van der Waals surface area contributed by atoms with Crippen LogP contribution in [0, 0.1) is 6.92 Å². The van der Waals surface area contributed by atoms with Gasteiger partial charge in [-0.3, -0.25) is 0 Å². The standard InChI is InChI=1S/C13H16N2O2S/c1-10-5-6-12(18-10)9-15(13(16)14-2)8-11-4-3-7-17-11/h3-7H,8-9H2,1-2H3,(H,14,16). The lowest BCUT2D eigenvalue weighted by Crippen LogP contribution is -2.36. The summed E-state index contributed by atoms with van der Waals surface area (Å²) in [7, 11) is 1.64. The third-order valence-electron chi connectivity index (χ3n) is 2.57. The van der Waals surface area contributed by atoms with E-state index in [1.165, 1.54) is 9.75 Å². The minimum Gasteiger partial charge on any atom is -0.467 e. The summed E-state index contributed by atoms with van der Waals surface area (Å²) < 4.78 is 5.28. The number of furan rings is 1. The van der Waals surface area contributed by atoms with Crippen LogP contribution in [0.1, 0.15) is 15.5 Å². The predicted octanol–water partition coefficient (Wildman–Crippen LogP) is 2.99. The van der Waals surface area contributed by atoms with E-state index in [9.17, 15) is 4.79 Å². The van der Waals surface area contributed by atoms with Crippen molar-refractivity contribution in [3.63, 3.8) is 0 Å². The molecule has 0 spiro atoms. The minimum absolute atomic E-state index is 0.0996. The first kappa shape index (κ1) is 12.7. The van der Waals surface area contributed by atoms with Crippen molar-refractivity contribution < 1.29 is 9.21 Å². The van der Waals surface area contributed by atoms with E-state index < -0.39 is 0 Å². The van der Waals surface area contributed by atoms with E-state index in [4.69, 9.17) is 4.42 Å². The van der Waals surface area contributed by atoms with E-state index in [1.54, 1.807) is 29.5 Å². The fraction of sp³-hybridized carbons (Fsp3) is 0.308. The van der Waals surface area contributed by atoms with Crippen LogP contribution < -0.4 is 5.32 Å². The number of amides is 2. The second kappa shape index (κ2) is 5.73. The van der Waals surface area contributed by atoms with Gasteiger partial charge in [-0.25, -0.2) is 4.79 Å². The molecule has 0 fully saturated rings. The summed E-state index contributed by atoms with van der Waals surface area (Å²) in [6.45, 7) is 3.13. The summed E-state index contributed by atoms with van der Waals surface area (Å²) in [5.74, 6) is 0.784. The lowest BCUT2D eigenvalue weighted by Gasteiger charge is -2.20. The van der Waals surface area contributed by atoms with Crippen molar-refractivity contribution in [2.45, 2.75) is 20.0 Å². The molecule has 0 aliphatic heterocycles. The number of hydrogen-bond acceptors (Lipinski definition) is 3. The van der Waals surface area contributed by atoms with Crippen LogP contribution in [0.4, 0.5) is 4.79 Å². The molecule has 4 nitrogen and oxygen atoms in total. The molecule has 0 radical (unpaired) electrons. The van der Waals surface area contributed by atoms with Crippen LogP contribution in [0.25, 0.3) is 0 Å². The van der Waals surface area contributed by atoms with E-state index in [-0.39, 0.29) is 6.03 Å². The molecule has 1 N–H and O–H groups in total. The van der Waals surface area contributed by atoms with E-state index in [1.807, 2.05) is 12.1 Å². The molecule has 18 heavy (non-hydrogen) atoms. The normalized spacial score (nSPS) is 10.3. The van der Waals surface area contributed by atoms with Gasteiger partial charge >= 0.3 is 6.03 Å². The quantitative estimate of drug-likeness (QED) is 0.922. The third-order valence-corrected chi connectivity index (χ3v) is 3.56. The summed E-state index contributed by atoms with van der Waals surface area (Å²) in [5.41, 5.74) is 0.